The normalized spacial score (nSPS) is 40.9. The lowest BCUT2D eigenvalue weighted by Crippen LogP contribution is -2.43. The topological polar surface area (TPSA) is 69.1 Å². The summed E-state index contributed by atoms with van der Waals surface area (Å²) in [4.78, 5) is 10.6. The molecule has 0 bridgehead atoms. The molecule has 0 saturated heterocycles. The van der Waals surface area contributed by atoms with Crippen molar-refractivity contribution in [3.8, 4) is 0 Å². The number of rotatable bonds is 2. The lowest BCUT2D eigenvalue weighted by Gasteiger charge is -2.15. The van der Waals surface area contributed by atoms with E-state index in [1.807, 2.05) is 6.92 Å². The van der Waals surface area contributed by atoms with Crippen molar-refractivity contribution in [2.75, 3.05) is 0 Å². The van der Waals surface area contributed by atoms with Gasteiger partial charge in [-0.25, -0.2) is 0 Å². The molecule has 58 valence electrons. The summed E-state index contributed by atoms with van der Waals surface area (Å²) < 4.78 is 0. The molecule has 3 atom stereocenters. The summed E-state index contributed by atoms with van der Waals surface area (Å²) in [6, 6.07) is -0.456. The highest BCUT2D eigenvalue weighted by molar-refractivity contribution is 5.81. The molecule has 0 aliphatic heterocycles. The van der Waals surface area contributed by atoms with E-state index in [1.54, 1.807) is 0 Å². The van der Waals surface area contributed by atoms with Gasteiger partial charge in [-0.05, 0) is 17.8 Å². The van der Waals surface area contributed by atoms with Crippen LogP contribution in [-0.2, 0) is 4.79 Å². The number of nitrogens with two attached hydrogens (primary N) is 2. The largest absolute Gasteiger partial charge is 0.368 e. The van der Waals surface area contributed by atoms with E-state index in [4.69, 9.17) is 11.5 Å². The third-order valence-electron chi connectivity index (χ3n) is 2.73. The molecule has 10 heavy (non-hydrogen) atoms. The van der Waals surface area contributed by atoms with Crippen molar-refractivity contribution >= 4 is 5.91 Å². The second-order valence-corrected chi connectivity index (χ2v) is 3.49. The van der Waals surface area contributed by atoms with E-state index in [1.165, 1.54) is 0 Å². The van der Waals surface area contributed by atoms with Gasteiger partial charge >= 0.3 is 0 Å². The molecule has 1 amide bonds. The molecule has 0 radical (unpaired) electrons. The zero-order chi connectivity index (χ0) is 7.94. The van der Waals surface area contributed by atoms with Gasteiger partial charge in [0.2, 0.25) is 5.91 Å². The summed E-state index contributed by atoms with van der Waals surface area (Å²) in [6.45, 7) is 4.09. The van der Waals surface area contributed by atoms with Crippen LogP contribution >= 0.6 is 0 Å². The number of amides is 1. The highest BCUT2D eigenvalue weighted by atomic mass is 16.1. The van der Waals surface area contributed by atoms with Gasteiger partial charge in [-0.2, -0.15) is 0 Å². The first-order chi connectivity index (χ1) is 4.48. The molecule has 3 heteroatoms. The third kappa shape index (κ3) is 0.904. The number of primary amides is 1. The van der Waals surface area contributed by atoms with Crippen LogP contribution in [-0.4, -0.2) is 11.9 Å². The van der Waals surface area contributed by atoms with Crippen molar-refractivity contribution in [3.05, 3.63) is 0 Å². The Labute approximate surface area is 60.8 Å². The van der Waals surface area contributed by atoms with Gasteiger partial charge in [0, 0.05) is 0 Å². The van der Waals surface area contributed by atoms with E-state index in [0.717, 1.165) is 6.42 Å². The van der Waals surface area contributed by atoms with Crippen molar-refractivity contribution in [2.45, 2.75) is 26.3 Å². The molecule has 0 aromatic carbocycles. The smallest absolute Gasteiger partial charge is 0.234 e. The Kier molecular flexibility index (Phi) is 1.47. The molecule has 1 fully saturated rings. The van der Waals surface area contributed by atoms with E-state index in [0.29, 0.717) is 5.92 Å². The minimum Gasteiger partial charge on any atom is -0.368 e. The Balaban J connectivity index is 2.58. The maximum absolute atomic E-state index is 10.6. The Morgan fingerprint density at radius 2 is 2.20 bits per heavy atom. The molecule has 0 aromatic heterocycles. The minimum absolute atomic E-state index is 0.00810. The van der Waals surface area contributed by atoms with Crippen LogP contribution in [0, 0.1) is 11.3 Å². The van der Waals surface area contributed by atoms with E-state index >= 15 is 0 Å². The highest BCUT2D eigenvalue weighted by Gasteiger charge is 2.52. The molecular weight excluding hydrogens is 128 g/mol. The number of carbonyl (C=O) groups excluding carboxylic acids is 1. The maximum Gasteiger partial charge on any atom is 0.234 e. The molecule has 4 N–H and O–H groups in total. The second-order valence-electron chi connectivity index (χ2n) is 3.49. The monoisotopic (exact) mass is 142 g/mol. The SMILES string of the molecule is CC1C[C@@]1(C)C(N)C(N)=O. The molecule has 1 aliphatic carbocycles. The summed E-state index contributed by atoms with van der Waals surface area (Å²) in [6.07, 6.45) is 1.02. The van der Waals surface area contributed by atoms with E-state index in [-0.39, 0.29) is 11.3 Å². The van der Waals surface area contributed by atoms with Gasteiger partial charge in [0.25, 0.3) is 0 Å². The van der Waals surface area contributed by atoms with Gasteiger partial charge < -0.3 is 11.5 Å². The van der Waals surface area contributed by atoms with Crippen LogP contribution in [0.3, 0.4) is 0 Å². The summed E-state index contributed by atoms with van der Waals surface area (Å²) in [5.74, 6) is 0.168. The van der Waals surface area contributed by atoms with Crippen LogP contribution in [0.5, 0.6) is 0 Å². The van der Waals surface area contributed by atoms with Crippen molar-refractivity contribution < 1.29 is 4.79 Å². The first-order valence-electron chi connectivity index (χ1n) is 3.53. The predicted octanol–water partition coefficient (Wildman–Crippen LogP) is -0.155. The van der Waals surface area contributed by atoms with Gasteiger partial charge in [-0.1, -0.05) is 13.8 Å². The van der Waals surface area contributed by atoms with Crippen LogP contribution in [0.4, 0.5) is 0 Å². The highest BCUT2D eigenvalue weighted by Crippen LogP contribution is 2.53. The standard InChI is InChI=1S/C7H14N2O/c1-4-3-7(4,2)5(8)6(9)10/h4-5H,3,8H2,1-2H3,(H2,9,10)/t4?,5?,7-/m1/s1. The first-order valence-corrected chi connectivity index (χ1v) is 3.53. The summed E-state index contributed by atoms with van der Waals surface area (Å²) in [5.41, 5.74) is 10.6. The van der Waals surface area contributed by atoms with Crippen LogP contribution in [0.15, 0.2) is 0 Å². The van der Waals surface area contributed by atoms with Gasteiger partial charge in [0.05, 0.1) is 6.04 Å². The quantitative estimate of drug-likeness (QED) is 0.562. The Morgan fingerprint density at radius 3 is 2.30 bits per heavy atom. The molecule has 1 saturated carbocycles. The number of carbonyl (C=O) groups is 1. The lowest BCUT2D eigenvalue weighted by atomic mass is 9.97. The second kappa shape index (κ2) is 1.95. The molecule has 0 spiro atoms. The third-order valence-corrected chi connectivity index (χ3v) is 2.73. The van der Waals surface area contributed by atoms with Crippen LogP contribution in [0.1, 0.15) is 20.3 Å². The molecule has 3 nitrogen and oxygen atoms in total. The fourth-order valence-electron chi connectivity index (χ4n) is 1.36. The predicted molar refractivity (Wildman–Crippen MR) is 39.1 cm³/mol. The fraction of sp³-hybridized carbons (Fsp3) is 0.857. The van der Waals surface area contributed by atoms with E-state index in [2.05, 4.69) is 6.92 Å². The number of hydrogen-bond acceptors (Lipinski definition) is 2. The van der Waals surface area contributed by atoms with Crippen LogP contribution in [0.2, 0.25) is 0 Å². The van der Waals surface area contributed by atoms with Gasteiger partial charge in [0.15, 0.2) is 0 Å². The Morgan fingerprint density at radius 1 is 1.80 bits per heavy atom. The Bertz CT molecular complexity index is 169. The molecule has 0 heterocycles. The molecule has 1 aliphatic rings. The molecule has 0 aromatic rings. The Hall–Kier alpha value is -0.570. The van der Waals surface area contributed by atoms with Crippen molar-refractivity contribution in [1.82, 2.24) is 0 Å². The summed E-state index contributed by atoms with van der Waals surface area (Å²) >= 11 is 0. The van der Waals surface area contributed by atoms with Crippen LogP contribution < -0.4 is 11.5 Å². The lowest BCUT2D eigenvalue weighted by molar-refractivity contribution is -0.120. The maximum atomic E-state index is 10.6. The molecular formula is C7H14N2O. The van der Waals surface area contributed by atoms with Crippen molar-refractivity contribution in [1.29, 1.82) is 0 Å². The molecule has 1 rings (SSSR count). The average Bonchev–Trinajstić information content (AvgIpc) is 2.41. The number of hydrogen-bond donors (Lipinski definition) is 2. The first kappa shape index (κ1) is 7.54. The van der Waals surface area contributed by atoms with Gasteiger partial charge in [0.1, 0.15) is 0 Å². The fourth-order valence-corrected chi connectivity index (χ4v) is 1.36. The minimum atomic E-state index is -0.456. The van der Waals surface area contributed by atoms with Crippen LogP contribution in [0.25, 0.3) is 0 Å². The van der Waals surface area contributed by atoms with Crippen molar-refractivity contribution in [2.24, 2.45) is 22.8 Å². The van der Waals surface area contributed by atoms with Gasteiger partial charge in [-0.15, -0.1) is 0 Å². The van der Waals surface area contributed by atoms with Crippen molar-refractivity contribution in [3.63, 3.8) is 0 Å². The van der Waals surface area contributed by atoms with E-state index < -0.39 is 6.04 Å². The van der Waals surface area contributed by atoms with E-state index in [9.17, 15) is 4.79 Å². The average molecular weight is 142 g/mol. The zero-order valence-electron chi connectivity index (χ0n) is 6.42. The molecule has 2 unspecified atom stereocenters. The summed E-state index contributed by atoms with van der Waals surface area (Å²) in [5, 5.41) is 0. The zero-order valence-corrected chi connectivity index (χ0v) is 6.42. The summed E-state index contributed by atoms with van der Waals surface area (Å²) in [7, 11) is 0. The van der Waals surface area contributed by atoms with Gasteiger partial charge in [-0.3, -0.25) is 4.79 Å².